The molecule has 0 aromatic carbocycles. The topological polar surface area (TPSA) is 29.3 Å². The number of pyridine rings is 1. The summed E-state index contributed by atoms with van der Waals surface area (Å²) in [5, 5.41) is 3.66. The lowest BCUT2D eigenvalue weighted by Gasteiger charge is -2.34. The smallest absolute Gasteiger partial charge is 0.137 e. The number of nitrogens with one attached hydrogen (secondary N) is 1. The molecule has 2 heterocycles. The van der Waals surface area contributed by atoms with Crippen LogP contribution in [0.3, 0.4) is 0 Å². The van der Waals surface area contributed by atoms with E-state index in [0.29, 0.717) is 11.5 Å². The van der Waals surface area contributed by atoms with Crippen molar-refractivity contribution >= 4 is 5.65 Å². The summed E-state index contributed by atoms with van der Waals surface area (Å²) in [6.45, 7) is 5.64. The van der Waals surface area contributed by atoms with Gasteiger partial charge in [0.2, 0.25) is 0 Å². The Kier molecular flexibility index (Phi) is 3.31. The SMILES string of the molecule is CC1(C)CCC(NCc2cn3ccccc3n2)CC1. The number of hydrogen-bond acceptors (Lipinski definition) is 2. The van der Waals surface area contributed by atoms with Gasteiger partial charge in [-0.1, -0.05) is 19.9 Å². The molecule has 3 rings (SSSR count). The molecule has 1 aliphatic rings. The summed E-state index contributed by atoms with van der Waals surface area (Å²) in [6.07, 6.45) is 9.41. The van der Waals surface area contributed by atoms with Gasteiger partial charge in [0.05, 0.1) is 5.69 Å². The van der Waals surface area contributed by atoms with Crippen molar-refractivity contribution in [1.29, 1.82) is 0 Å². The van der Waals surface area contributed by atoms with Gasteiger partial charge in [-0.05, 0) is 43.2 Å². The van der Waals surface area contributed by atoms with E-state index >= 15 is 0 Å². The van der Waals surface area contributed by atoms with Crippen LogP contribution in [0.5, 0.6) is 0 Å². The van der Waals surface area contributed by atoms with Gasteiger partial charge in [-0.15, -0.1) is 0 Å². The molecule has 0 atom stereocenters. The average Bonchev–Trinajstić information content (AvgIpc) is 2.80. The highest BCUT2D eigenvalue weighted by Gasteiger charge is 2.26. The number of imidazole rings is 1. The summed E-state index contributed by atoms with van der Waals surface area (Å²) in [5.41, 5.74) is 2.71. The molecule has 3 heteroatoms. The highest BCUT2D eigenvalue weighted by Crippen LogP contribution is 2.35. The maximum Gasteiger partial charge on any atom is 0.137 e. The summed E-state index contributed by atoms with van der Waals surface area (Å²) in [4.78, 5) is 4.63. The van der Waals surface area contributed by atoms with Gasteiger partial charge in [-0.3, -0.25) is 0 Å². The van der Waals surface area contributed by atoms with E-state index in [2.05, 4.69) is 40.9 Å². The third-order valence-corrected chi connectivity index (χ3v) is 4.32. The fourth-order valence-corrected chi connectivity index (χ4v) is 2.92. The normalized spacial score (nSPS) is 19.9. The van der Waals surface area contributed by atoms with Crippen molar-refractivity contribution in [1.82, 2.24) is 14.7 Å². The van der Waals surface area contributed by atoms with Crippen LogP contribution < -0.4 is 5.32 Å². The van der Waals surface area contributed by atoms with Crippen LogP contribution in [0, 0.1) is 5.41 Å². The Morgan fingerprint density at radius 1 is 1.32 bits per heavy atom. The zero-order chi connectivity index (χ0) is 13.3. The summed E-state index contributed by atoms with van der Waals surface area (Å²) in [5.74, 6) is 0. The molecule has 1 N–H and O–H groups in total. The molecule has 1 saturated carbocycles. The van der Waals surface area contributed by atoms with Crippen molar-refractivity contribution in [3.05, 3.63) is 36.3 Å². The first-order valence-electron chi connectivity index (χ1n) is 7.28. The van der Waals surface area contributed by atoms with Crippen LogP contribution in [-0.4, -0.2) is 15.4 Å². The van der Waals surface area contributed by atoms with E-state index in [-0.39, 0.29) is 0 Å². The number of hydrogen-bond donors (Lipinski definition) is 1. The Labute approximate surface area is 115 Å². The van der Waals surface area contributed by atoms with E-state index in [1.807, 2.05) is 18.2 Å². The molecule has 1 fully saturated rings. The molecule has 0 radical (unpaired) electrons. The monoisotopic (exact) mass is 257 g/mol. The minimum Gasteiger partial charge on any atom is -0.308 e. The molecule has 0 bridgehead atoms. The van der Waals surface area contributed by atoms with Crippen LogP contribution in [-0.2, 0) is 6.54 Å². The second-order valence-corrected chi connectivity index (χ2v) is 6.52. The molecule has 102 valence electrons. The van der Waals surface area contributed by atoms with Crippen molar-refractivity contribution < 1.29 is 0 Å². The Hall–Kier alpha value is -1.35. The van der Waals surface area contributed by atoms with E-state index in [4.69, 9.17) is 0 Å². The maximum atomic E-state index is 4.63. The Balaban J connectivity index is 1.57. The quantitative estimate of drug-likeness (QED) is 0.913. The summed E-state index contributed by atoms with van der Waals surface area (Å²) >= 11 is 0. The van der Waals surface area contributed by atoms with E-state index in [1.165, 1.54) is 25.7 Å². The van der Waals surface area contributed by atoms with Gasteiger partial charge >= 0.3 is 0 Å². The lowest BCUT2D eigenvalue weighted by atomic mass is 9.75. The number of nitrogens with zero attached hydrogens (tertiary/aromatic N) is 2. The molecule has 0 spiro atoms. The molecule has 0 unspecified atom stereocenters. The first-order valence-corrected chi connectivity index (χ1v) is 7.28. The van der Waals surface area contributed by atoms with E-state index in [0.717, 1.165) is 17.9 Å². The zero-order valence-corrected chi connectivity index (χ0v) is 11.9. The fraction of sp³-hybridized carbons (Fsp3) is 0.562. The lowest BCUT2D eigenvalue weighted by Crippen LogP contribution is -2.35. The first-order chi connectivity index (χ1) is 9.12. The van der Waals surface area contributed by atoms with E-state index in [9.17, 15) is 0 Å². The number of fused-ring (bicyclic) bond motifs is 1. The van der Waals surface area contributed by atoms with Gasteiger partial charge in [0, 0.05) is 25.0 Å². The van der Waals surface area contributed by atoms with E-state index in [1.54, 1.807) is 0 Å². The maximum absolute atomic E-state index is 4.63. The van der Waals surface area contributed by atoms with E-state index < -0.39 is 0 Å². The highest BCUT2D eigenvalue weighted by molar-refractivity contribution is 5.39. The molecule has 0 amide bonds. The summed E-state index contributed by atoms with van der Waals surface area (Å²) in [6, 6.07) is 6.78. The number of rotatable bonds is 3. The lowest BCUT2D eigenvalue weighted by molar-refractivity contribution is 0.206. The average molecular weight is 257 g/mol. The van der Waals surface area contributed by atoms with Gasteiger partial charge in [0.25, 0.3) is 0 Å². The molecule has 3 nitrogen and oxygen atoms in total. The standard InChI is InChI=1S/C16H23N3/c1-16(2)8-6-13(7-9-16)17-11-14-12-19-10-4-3-5-15(19)18-14/h3-5,10,12-13,17H,6-9,11H2,1-2H3. The molecule has 0 saturated heterocycles. The van der Waals surface area contributed by atoms with Crippen LogP contribution in [0.2, 0.25) is 0 Å². The molecule has 2 aromatic heterocycles. The van der Waals surface area contributed by atoms with Crippen molar-refractivity contribution in [2.24, 2.45) is 5.41 Å². The third kappa shape index (κ3) is 2.98. The van der Waals surface area contributed by atoms with Crippen LogP contribution >= 0.6 is 0 Å². The van der Waals surface area contributed by atoms with Crippen molar-refractivity contribution in [3.63, 3.8) is 0 Å². The van der Waals surface area contributed by atoms with Gasteiger partial charge in [0.15, 0.2) is 0 Å². The number of aromatic nitrogens is 2. The molecule has 0 aliphatic heterocycles. The van der Waals surface area contributed by atoms with Gasteiger partial charge in [-0.25, -0.2) is 4.98 Å². The molecular formula is C16H23N3. The second kappa shape index (κ2) is 4.97. The molecule has 2 aromatic rings. The zero-order valence-electron chi connectivity index (χ0n) is 11.9. The fourth-order valence-electron chi connectivity index (χ4n) is 2.92. The van der Waals surface area contributed by atoms with Crippen LogP contribution in [0.25, 0.3) is 5.65 Å². The minimum atomic E-state index is 0.543. The minimum absolute atomic E-state index is 0.543. The summed E-state index contributed by atoms with van der Waals surface area (Å²) in [7, 11) is 0. The Morgan fingerprint density at radius 2 is 2.11 bits per heavy atom. The van der Waals surface area contributed by atoms with Crippen molar-refractivity contribution in [2.45, 2.75) is 52.1 Å². The van der Waals surface area contributed by atoms with Crippen molar-refractivity contribution in [3.8, 4) is 0 Å². The Bertz CT molecular complexity index is 513. The Morgan fingerprint density at radius 3 is 2.84 bits per heavy atom. The van der Waals surface area contributed by atoms with Crippen molar-refractivity contribution in [2.75, 3.05) is 0 Å². The molecule has 19 heavy (non-hydrogen) atoms. The largest absolute Gasteiger partial charge is 0.308 e. The summed E-state index contributed by atoms with van der Waals surface area (Å²) < 4.78 is 2.08. The van der Waals surface area contributed by atoms with Crippen LogP contribution in [0.15, 0.2) is 30.6 Å². The predicted octanol–water partition coefficient (Wildman–Crippen LogP) is 3.39. The highest BCUT2D eigenvalue weighted by atomic mass is 15.0. The van der Waals surface area contributed by atoms with Crippen LogP contribution in [0.1, 0.15) is 45.2 Å². The predicted molar refractivity (Wildman–Crippen MR) is 78.1 cm³/mol. The molecule has 1 aliphatic carbocycles. The third-order valence-electron chi connectivity index (χ3n) is 4.32. The first kappa shape index (κ1) is 12.7. The van der Waals surface area contributed by atoms with Gasteiger partial charge in [-0.2, -0.15) is 0 Å². The van der Waals surface area contributed by atoms with Gasteiger partial charge < -0.3 is 9.72 Å². The second-order valence-electron chi connectivity index (χ2n) is 6.52. The van der Waals surface area contributed by atoms with Crippen LogP contribution in [0.4, 0.5) is 0 Å². The van der Waals surface area contributed by atoms with Gasteiger partial charge in [0.1, 0.15) is 5.65 Å². The molecular weight excluding hydrogens is 234 g/mol.